The molecule has 1 saturated heterocycles. The number of nitrogens with two attached hydrogens (primary N) is 1. The number of rotatable bonds is 7. The van der Waals surface area contributed by atoms with E-state index in [9.17, 15) is 10.1 Å². The first-order chi connectivity index (χ1) is 15.0. The third kappa shape index (κ3) is 4.72. The molecule has 2 N–H and O–H groups in total. The molecule has 1 aliphatic carbocycles. The van der Waals surface area contributed by atoms with Crippen LogP contribution in [0.5, 0.6) is 0 Å². The van der Waals surface area contributed by atoms with Crippen LogP contribution in [-0.2, 0) is 9.53 Å². The molecular weight excluding hydrogens is 392 g/mol. The average molecular weight is 425 g/mol. The summed E-state index contributed by atoms with van der Waals surface area (Å²) in [5, 5.41) is 10.0. The molecule has 1 amide bonds. The van der Waals surface area contributed by atoms with E-state index in [1.165, 1.54) is 6.20 Å². The molecule has 166 valence electrons. The SMILES string of the molecule is CN=C(C=CN)c1c(C2CC2)nc(N2CCN(C(=O)CCOC)C(C)C2)c(C#N)c1C. The summed E-state index contributed by atoms with van der Waals surface area (Å²) in [7, 11) is 3.33. The second kappa shape index (κ2) is 9.92. The number of aromatic nitrogens is 1. The van der Waals surface area contributed by atoms with E-state index in [-0.39, 0.29) is 11.9 Å². The lowest BCUT2D eigenvalue weighted by molar-refractivity contribution is -0.134. The molecule has 8 heteroatoms. The van der Waals surface area contributed by atoms with Gasteiger partial charge in [-0.2, -0.15) is 5.26 Å². The molecule has 3 rings (SSSR count). The predicted octanol–water partition coefficient (Wildman–Crippen LogP) is 2.10. The van der Waals surface area contributed by atoms with Gasteiger partial charge in [0.15, 0.2) is 0 Å². The van der Waals surface area contributed by atoms with Crippen LogP contribution in [0.1, 0.15) is 54.5 Å². The van der Waals surface area contributed by atoms with Crippen molar-refractivity contribution in [1.82, 2.24) is 9.88 Å². The van der Waals surface area contributed by atoms with E-state index in [1.807, 2.05) is 18.7 Å². The quantitative estimate of drug-likeness (QED) is 0.672. The van der Waals surface area contributed by atoms with Gasteiger partial charge in [0.25, 0.3) is 0 Å². The number of carbonyl (C=O) groups is 1. The normalized spacial score (nSPS) is 19.7. The lowest BCUT2D eigenvalue weighted by Gasteiger charge is -2.41. The number of hydrogen-bond donors (Lipinski definition) is 1. The van der Waals surface area contributed by atoms with E-state index in [0.29, 0.717) is 50.0 Å². The molecule has 0 spiro atoms. The summed E-state index contributed by atoms with van der Waals surface area (Å²) in [6, 6.07) is 2.41. The lowest BCUT2D eigenvalue weighted by atomic mass is 9.95. The monoisotopic (exact) mass is 424 g/mol. The largest absolute Gasteiger partial charge is 0.405 e. The molecule has 2 heterocycles. The van der Waals surface area contributed by atoms with E-state index < -0.39 is 0 Å². The maximum absolute atomic E-state index is 12.5. The van der Waals surface area contributed by atoms with Crippen molar-refractivity contribution < 1.29 is 9.53 Å². The standard InChI is InChI=1S/C23H32N6O2/c1-15-14-28(10-11-29(15)20(30)8-12-31-4)23-18(13-25)16(2)21(19(26-3)7-9-24)22(27-23)17-5-6-17/h7,9,15,17H,5-6,8,10-12,14,24H2,1-4H3. The van der Waals surface area contributed by atoms with Crippen LogP contribution < -0.4 is 10.6 Å². The van der Waals surface area contributed by atoms with Crippen molar-refractivity contribution >= 4 is 17.4 Å². The van der Waals surface area contributed by atoms with Gasteiger partial charge in [0.2, 0.25) is 5.91 Å². The summed E-state index contributed by atoms with van der Waals surface area (Å²) in [6.45, 7) is 6.32. The first-order valence-electron chi connectivity index (χ1n) is 10.8. The maximum Gasteiger partial charge on any atom is 0.225 e. The second-order valence-electron chi connectivity index (χ2n) is 8.17. The van der Waals surface area contributed by atoms with Crippen LogP contribution in [0.25, 0.3) is 0 Å². The van der Waals surface area contributed by atoms with Crippen LogP contribution in [0.3, 0.4) is 0 Å². The molecular formula is C23H32N6O2. The highest BCUT2D eigenvalue weighted by Gasteiger charge is 2.34. The van der Waals surface area contributed by atoms with E-state index in [1.54, 1.807) is 20.2 Å². The maximum atomic E-state index is 12.5. The number of aliphatic imine (C=N–C) groups is 1. The fourth-order valence-corrected chi connectivity index (χ4v) is 4.26. The van der Waals surface area contributed by atoms with Gasteiger partial charge in [0.1, 0.15) is 11.9 Å². The third-order valence-electron chi connectivity index (χ3n) is 6.05. The number of carbonyl (C=O) groups excluding carboxylic acids is 1. The molecule has 31 heavy (non-hydrogen) atoms. The third-order valence-corrected chi connectivity index (χ3v) is 6.05. The van der Waals surface area contributed by atoms with E-state index in [4.69, 9.17) is 15.5 Å². The number of piperazine rings is 1. The van der Waals surface area contributed by atoms with Gasteiger partial charge >= 0.3 is 0 Å². The van der Waals surface area contributed by atoms with Crippen molar-refractivity contribution in [3.05, 3.63) is 34.7 Å². The number of hydrogen-bond acceptors (Lipinski definition) is 7. The van der Waals surface area contributed by atoms with Gasteiger partial charge in [-0.25, -0.2) is 4.98 Å². The fraction of sp³-hybridized carbons (Fsp3) is 0.565. The van der Waals surface area contributed by atoms with Crippen LogP contribution in [0.4, 0.5) is 5.82 Å². The van der Waals surface area contributed by atoms with Crippen molar-refractivity contribution in [3.8, 4) is 6.07 Å². The van der Waals surface area contributed by atoms with Crippen LogP contribution in [0.15, 0.2) is 17.3 Å². The van der Waals surface area contributed by atoms with Gasteiger partial charge in [0.05, 0.1) is 30.0 Å². The topological polar surface area (TPSA) is 108 Å². The molecule has 8 nitrogen and oxygen atoms in total. The zero-order valence-electron chi connectivity index (χ0n) is 18.9. The second-order valence-corrected chi connectivity index (χ2v) is 8.17. The Bertz CT molecular complexity index is 929. The molecule has 1 atom stereocenters. The van der Waals surface area contributed by atoms with Gasteiger partial charge in [0, 0.05) is 51.3 Å². The highest BCUT2D eigenvalue weighted by atomic mass is 16.5. The average Bonchev–Trinajstić information content (AvgIpc) is 3.60. The van der Waals surface area contributed by atoms with E-state index >= 15 is 0 Å². The minimum atomic E-state index is 0.0312. The minimum Gasteiger partial charge on any atom is -0.405 e. The van der Waals surface area contributed by atoms with Crippen molar-refractivity contribution in [2.24, 2.45) is 10.7 Å². The van der Waals surface area contributed by atoms with Crippen molar-refractivity contribution in [2.75, 3.05) is 45.3 Å². The lowest BCUT2D eigenvalue weighted by Crippen LogP contribution is -2.54. The van der Waals surface area contributed by atoms with Gasteiger partial charge in [-0.05, 0) is 44.5 Å². The number of anilines is 1. The Morgan fingerprint density at radius 2 is 2.16 bits per heavy atom. The molecule has 2 aliphatic rings. The highest BCUT2D eigenvalue weighted by Crippen LogP contribution is 2.43. The Kier molecular flexibility index (Phi) is 7.29. The van der Waals surface area contributed by atoms with Crippen LogP contribution in [0, 0.1) is 18.3 Å². The summed E-state index contributed by atoms with van der Waals surface area (Å²) in [5.41, 5.74) is 9.77. The van der Waals surface area contributed by atoms with Crippen LogP contribution in [0.2, 0.25) is 0 Å². The van der Waals surface area contributed by atoms with Crippen LogP contribution >= 0.6 is 0 Å². The Morgan fingerprint density at radius 1 is 1.42 bits per heavy atom. The Labute approximate surface area is 184 Å². The van der Waals surface area contributed by atoms with Crippen LogP contribution in [-0.4, -0.2) is 67.9 Å². The predicted molar refractivity (Wildman–Crippen MR) is 121 cm³/mol. The summed E-state index contributed by atoms with van der Waals surface area (Å²) < 4.78 is 5.04. The first kappa shape index (κ1) is 22.8. The summed E-state index contributed by atoms with van der Waals surface area (Å²) in [6.07, 6.45) is 5.80. The number of amides is 1. The molecule has 1 unspecified atom stereocenters. The Hall–Kier alpha value is -2.92. The Balaban J connectivity index is 1.96. The van der Waals surface area contributed by atoms with Crippen molar-refractivity contribution in [2.45, 2.75) is 45.1 Å². The zero-order valence-corrected chi connectivity index (χ0v) is 18.9. The number of nitriles is 1. The van der Waals surface area contributed by atoms with Gasteiger partial charge in [-0.15, -0.1) is 0 Å². The molecule has 1 aromatic heterocycles. The van der Waals surface area contributed by atoms with Crippen molar-refractivity contribution in [3.63, 3.8) is 0 Å². The van der Waals surface area contributed by atoms with Gasteiger partial charge in [-0.3, -0.25) is 9.79 Å². The molecule has 1 aliphatic heterocycles. The number of methoxy groups -OCH3 is 1. The molecule has 1 aromatic rings. The number of ether oxygens (including phenoxy) is 1. The zero-order chi connectivity index (χ0) is 22.5. The van der Waals surface area contributed by atoms with Crippen molar-refractivity contribution in [1.29, 1.82) is 5.26 Å². The Morgan fingerprint density at radius 3 is 2.71 bits per heavy atom. The fourth-order valence-electron chi connectivity index (χ4n) is 4.26. The molecule has 2 fully saturated rings. The minimum absolute atomic E-state index is 0.0312. The smallest absolute Gasteiger partial charge is 0.225 e. The number of pyridine rings is 1. The van der Waals surface area contributed by atoms with E-state index in [2.05, 4.69) is 16.0 Å². The molecule has 0 radical (unpaired) electrons. The summed E-state index contributed by atoms with van der Waals surface area (Å²) in [5.74, 6) is 1.20. The molecule has 1 saturated carbocycles. The number of allylic oxidation sites excluding steroid dienone is 1. The molecule has 0 bridgehead atoms. The molecule has 0 aromatic carbocycles. The highest BCUT2D eigenvalue weighted by molar-refractivity contribution is 6.11. The first-order valence-corrected chi connectivity index (χ1v) is 10.8. The summed E-state index contributed by atoms with van der Waals surface area (Å²) >= 11 is 0. The summed E-state index contributed by atoms with van der Waals surface area (Å²) in [4.78, 5) is 25.9. The van der Waals surface area contributed by atoms with Gasteiger partial charge < -0.3 is 20.3 Å². The van der Waals surface area contributed by atoms with Gasteiger partial charge in [-0.1, -0.05) is 0 Å². The number of nitrogens with zero attached hydrogens (tertiary/aromatic N) is 5. The van der Waals surface area contributed by atoms with E-state index in [0.717, 1.165) is 35.4 Å².